The number of benzene rings is 3. The maximum Gasteiger partial charge on any atom is 0.471 e. The molecule has 9 nitrogen and oxygen atoms in total. The molecule has 262 valence electrons. The van der Waals surface area contributed by atoms with Crippen LogP contribution in [-0.2, 0) is 37.0 Å². The van der Waals surface area contributed by atoms with Crippen molar-refractivity contribution in [2.75, 3.05) is 39.4 Å². The van der Waals surface area contributed by atoms with Crippen LogP contribution < -0.4 is 5.32 Å². The Labute approximate surface area is 283 Å². The van der Waals surface area contributed by atoms with Crippen LogP contribution in [0.1, 0.15) is 54.4 Å². The molecular formula is C37H42F3N3O6. The number of hydrogen-bond acceptors (Lipinski definition) is 7. The molecule has 3 heterocycles. The quantitative estimate of drug-likeness (QED) is 0.323. The predicted octanol–water partition coefficient (Wildman–Crippen LogP) is 5.14. The molecule has 0 bridgehead atoms. The van der Waals surface area contributed by atoms with E-state index < -0.39 is 30.3 Å². The van der Waals surface area contributed by atoms with Gasteiger partial charge >= 0.3 is 12.1 Å². The van der Waals surface area contributed by atoms with Crippen LogP contribution in [0.5, 0.6) is 0 Å². The van der Waals surface area contributed by atoms with E-state index in [1.807, 2.05) is 72.8 Å². The topological polar surface area (TPSA) is 101 Å². The molecule has 5 atom stereocenters. The van der Waals surface area contributed by atoms with Crippen molar-refractivity contribution in [1.29, 1.82) is 0 Å². The number of likely N-dealkylation sites (tertiary alicyclic amines) is 1. The first-order valence-corrected chi connectivity index (χ1v) is 16.8. The van der Waals surface area contributed by atoms with Gasteiger partial charge in [-0.3, -0.25) is 14.5 Å². The summed E-state index contributed by atoms with van der Waals surface area (Å²) in [5, 5.41) is 12.2. The fourth-order valence-electron chi connectivity index (χ4n) is 6.81. The second-order valence-electron chi connectivity index (χ2n) is 12.9. The second kappa shape index (κ2) is 15.4. The van der Waals surface area contributed by atoms with Crippen LogP contribution in [-0.4, -0.2) is 84.4 Å². The maximum atomic E-state index is 13.0. The zero-order valence-electron chi connectivity index (χ0n) is 27.4. The van der Waals surface area contributed by atoms with Gasteiger partial charge in [-0.25, -0.2) is 0 Å². The highest BCUT2D eigenvalue weighted by atomic mass is 19.4. The van der Waals surface area contributed by atoms with Crippen LogP contribution >= 0.6 is 0 Å². The molecule has 12 heteroatoms. The number of carbonyl (C=O) groups excluding carboxylic acids is 2. The fraction of sp³-hybridized carbons (Fsp3) is 0.459. The second-order valence-corrected chi connectivity index (χ2v) is 12.9. The molecule has 3 aliphatic rings. The first kappa shape index (κ1) is 35.0. The van der Waals surface area contributed by atoms with Gasteiger partial charge in [0.05, 0.1) is 32.0 Å². The lowest BCUT2D eigenvalue weighted by Crippen LogP contribution is -2.50. The molecule has 3 saturated heterocycles. The van der Waals surface area contributed by atoms with Crippen molar-refractivity contribution in [2.45, 2.75) is 63.6 Å². The summed E-state index contributed by atoms with van der Waals surface area (Å²) in [4.78, 5) is 27.6. The number of carbonyl (C=O) groups is 2. The molecule has 2 N–H and O–H groups in total. The first-order chi connectivity index (χ1) is 23.6. The number of aliphatic hydroxyl groups is 1. The first-order valence-electron chi connectivity index (χ1n) is 16.8. The van der Waals surface area contributed by atoms with E-state index in [0.29, 0.717) is 24.5 Å². The highest BCUT2D eigenvalue weighted by Crippen LogP contribution is 2.42. The fourth-order valence-corrected chi connectivity index (χ4v) is 6.81. The van der Waals surface area contributed by atoms with Crippen molar-refractivity contribution in [3.8, 4) is 11.1 Å². The van der Waals surface area contributed by atoms with Crippen LogP contribution in [0.2, 0.25) is 0 Å². The van der Waals surface area contributed by atoms with Gasteiger partial charge in [-0.15, -0.1) is 0 Å². The van der Waals surface area contributed by atoms with E-state index >= 15 is 0 Å². The van der Waals surface area contributed by atoms with E-state index in [2.05, 4.69) is 17.1 Å². The van der Waals surface area contributed by atoms with Gasteiger partial charge in [-0.2, -0.15) is 13.2 Å². The van der Waals surface area contributed by atoms with Crippen LogP contribution in [0.25, 0.3) is 11.1 Å². The summed E-state index contributed by atoms with van der Waals surface area (Å²) in [5.74, 6) is -2.50. The summed E-state index contributed by atoms with van der Waals surface area (Å²) in [6.45, 7) is 6.00. The zero-order valence-corrected chi connectivity index (χ0v) is 27.4. The zero-order chi connectivity index (χ0) is 34.5. The smallest absolute Gasteiger partial charge is 0.392 e. The van der Waals surface area contributed by atoms with Crippen molar-refractivity contribution in [3.63, 3.8) is 0 Å². The van der Waals surface area contributed by atoms with Gasteiger partial charge in [0, 0.05) is 44.2 Å². The van der Waals surface area contributed by atoms with Crippen LogP contribution in [0.3, 0.4) is 0 Å². The van der Waals surface area contributed by atoms with Crippen molar-refractivity contribution >= 4 is 11.8 Å². The summed E-state index contributed by atoms with van der Waals surface area (Å²) >= 11 is 0. The van der Waals surface area contributed by atoms with Crippen LogP contribution in [0.15, 0.2) is 72.8 Å². The number of rotatable bonds is 9. The number of ether oxygens (including phenoxy) is 3. The lowest BCUT2D eigenvalue weighted by Gasteiger charge is -2.43. The van der Waals surface area contributed by atoms with Gasteiger partial charge in [0.15, 0.2) is 6.29 Å². The third-order valence-electron chi connectivity index (χ3n) is 9.63. The molecule has 3 aromatic carbocycles. The summed E-state index contributed by atoms with van der Waals surface area (Å²) in [5.41, 5.74) is 5.34. The van der Waals surface area contributed by atoms with E-state index in [1.54, 1.807) is 0 Å². The molecule has 3 aliphatic heterocycles. The number of nitrogens with one attached hydrogen (secondary N) is 1. The molecule has 0 aromatic heterocycles. The third kappa shape index (κ3) is 8.33. The number of nitrogens with zero attached hydrogens (tertiary/aromatic N) is 2. The maximum absolute atomic E-state index is 13.0. The number of alkyl halides is 3. The number of hydrogen-bond donors (Lipinski definition) is 2. The molecule has 3 aromatic rings. The Morgan fingerprint density at radius 1 is 0.898 bits per heavy atom. The summed E-state index contributed by atoms with van der Waals surface area (Å²) in [6, 6.07) is 22.2. The average Bonchev–Trinajstić information content (AvgIpc) is 3.62. The number of morpholine rings is 1. The Bertz CT molecular complexity index is 1580. The van der Waals surface area contributed by atoms with Crippen LogP contribution in [0, 0.1) is 5.92 Å². The molecule has 3 fully saturated rings. The molecule has 2 amide bonds. The Morgan fingerprint density at radius 2 is 1.61 bits per heavy atom. The van der Waals surface area contributed by atoms with Crippen molar-refractivity contribution < 1.29 is 42.1 Å². The summed E-state index contributed by atoms with van der Waals surface area (Å²) < 4.78 is 57.8. The molecule has 6 rings (SSSR count). The molecule has 0 radical (unpaired) electrons. The Hall–Kier alpha value is -3.81. The van der Waals surface area contributed by atoms with E-state index in [-0.39, 0.29) is 44.2 Å². The van der Waals surface area contributed by atoms with Crippen molar-refractivity contribution in [1.82, 2.24) is 15.1 Å². The number of amides is 2. The SMILES string of the molecule is C[C@@H]1[C@H](CN2CCOCC2)O[C@H](c2ccc(-c3cccc(CNC(=O)[C@@H]4CCCN4C(=O)C(F)(F)F)c3)cc2)O[C@@H]1c1ccc(CO)cc1. The highest BCUT2D eigenvalue weighted by molar-refractivity contribution is 5.90. The number of halogens is 3. The van der Waals surface area contributed by atoms with Gasteiger partial charge in [-0.1, -0.05) is 73.7 Å². The van der Waals surface area contributed by atoms with E-state index in [0.717, 1.165) is 53.0 Å². The Kier molecular flexibility index (Phi) is 11.0. The van der Waals surface area contributed by atoms with Gasteiger partial charge in [0.25, 0.3) is 0 Å². The molecule has 49 heavy (non-hydrogen) atoms. The minimum absolute atomic E-state index is 0.0244. The highest BCUT2D eigenvalue weighted by Gasteiger charge is 2.47. The normalized spacial score (nSPS) is 24.9. The summed E-state index contributed by atoms with van der Waals surface area (Å²) in [6.07, 6.45) is -5.38. The number of aliphatic hydroxyl groups excluding tert-OH is 1. The lowest BCUT2D eigenvalue weighted by molar-refractivity contribution is -0.277. The van der Waals surface area contributed by atoms with Crippen molar-refractivity contribution in [2.24, 2.45) is 5.92 Å². The van der Waals surface area contributed by atoms with E-state index in [4.69, 9.17) is 14.2 Å². The molecule has 0 aliphatic carbocycles. The largest absolute Gasteiger partial charge is 0.471 e. The van der Waals surface area contributed by atoms with Crippen molar-refractivity contribution in [3.05, 3.63) is 95.1 Å². The summed E-state index contributed by atoms with van der Waals surface area (Å²) in [7, 11) is 0. The molecule has 0 saturated carbocycles. The predicted molar refractivity (Wildman–Crippen MR) is 175 cm³/mol. The molecule has 0 unspecified atom stereocenters. The average molecular weight is 682 g/mol. The Balaban J connectivity index is 1.14. The molecule has 0 spiro atoms. The Morgan fingerprint density at radius 3 is 2.31 bits per heavy atom. The monoisotopic (exact) mass is 681 g/mol. The minimum Gasteiger partial charge on any atom is -0.392 e. The lowest BCUT2D eigenvalue weighted by atomic mass is 9.90. The van der Waals surface area contributed by atoms with Crippen LogP contribution in [0.4, 0.5) is 13.2 Å². The molecular weight excluding hydrogens is 639 g/mol. The van der Waals surface area contributed by atoms with Gasteiger partial charge in [0.1, 0.15) is 6.04 Å². The third-order valence-corrected chi connectivity index (χ3v) is 9.63. The van der Waals surface area contributed by atoms with E-state index in [1.165, 1.54) is 0 Å². The van der Waals surface area contributed by atoms with E-state index in [9.17, 15) is 27.9 Å². The minimum atomic E-state index is -5.01. The standard InChI is InChI=1S/C37H42F3N3O6/c1-24-32(22-42-16-18-47-19-17-42)48-35(49-33(24)28-9-7-25(23-44)8-10-28)29-13-11-27(12-14-29)30-5-2-4-26(20-30)21-41-34(45)31-6-3-15-43(31)36(46)37(38,39)40/h2,4-5,7-14,20,24,31-33,35,44H,3,6,15-19,21-23H2,1H3,(H,41,45)/t24-,31+,32+,33+,35+/m1/s1. The van der Waals surface area contributed by atoms with Gasteiger partial charge in [-0.05, 0) is 46.7 Å². The van der Waals surface area contributed by atoms with Gasteiger partial charge in [0.2, 0.25) is 5.91 Å². The van der Waals surface area contributed by atoms with Gasteiger partial charge < -0.3 is 29.5 Å².